The largest absolute Gasteiger partial charge is 0.352 e. The van der Waals surface area contributed by atoms with E-state index in [9.17, 15) is 13.2 Å². The summed E-state index contributed by atoms with van der Waals surface area (Å²) in [5.74, 6) is -0.115. The van der Waals surface area contributed by atoms with E-state index >= 15 is 0 Å². The highest BCUT2D eigenvalue weighted by Crippen LogP contribution is 2.27. The monoisotopic (exact) mass is 458 g/mol. The van der Waals surface area contributed by atoms with Crippen molar-refractivity contribution in [3.05, 3.63) is 70.2 Å². The maximum atomic E-state index is 13.1. The fourth-order valence-corrected chi connectivity index (χ4v) is 5.86. The number of carbonyl (C=O) groups is 1. The van der Waals surface area contributed by atoms with Crippen LogP contribution < -0.4 is 9.62 Å². The van der Waals surface area contributed by atoms with E-state index in [1.165, 1.54) is 21.2 Å². The third-order valence-corrected chi connectivity index (χ3v) is 7.45. The number of aryl methyl sites for hydroxylation is 2. The Bertz CT molecular complexity index is 1120. The predicted octanol–water partition coefficient (Wildman–Crippen LogP) is 3.73. The summed E-state index contributed by atoms with van der Waals surface area (Å²) in [7, 11) is -3.75. The molecule has 0 fully saturated rings. The van der Waals surface area contributed by atoms with Crippen LogP contribution in [0.5, 0.6) is 0 Å². The van der Waals surface area contributed by atoms with Gasteiger partial charge in [0.15, 0.2) is 0 Å². The number of nitrogens with one attached hydrogen (secondary N) is 1. The molecule has 1 aromatic heterocycles. The van der Waals surface area contributed by atoms with Gasteiger partial charge in [-0.15, -0.1) is 10.2 Å². The highest BCUT2D eigenvalue weighted by Gasteiger charge is 2.29. The molecular formula is C22H26N4O3S2. The van der Waals surface area contributed by atoms with Crippen molar-refractivity contribution in [1.82, 2.24) is 15.5 Å². The van der Waals surface area contributed by atoms with Gasteiger partial charge in [-0.3, -0.25) is 4.79 Å². The lowest BCUT2D eigenvalue weighted by Gasteiger charge is -2.25. The van der Waals surface area contributed by atoms with Gasteiger partial charge in [-0.25, -0.2) is 12.7 Å². The molecular weight excluding hydrogens is 432 g/mol. The molecule has 1 heterocycles. The van der Waals surface area contributed by atoms with Gasteiger partial charge in [0, 0.05) is 18.2 Å². The van der Waals surface area contributed by atoms with E-state index in [0.29, 0.717) is 23.7 Å². The SMILES string of the molecule is Cc1cc(C)cc(C(=O)NCCc2ccc(S(=O)(=O)N(c3nncs3)C(C)C)cc2)c1. The van der Waals surface area contributed by atoms with E-state index in [1.807, 2.05) is 32.0 Å². The van der Waals surface area contributed by atoms with E-state index in [2.05, 4.69) is 15.5 Å². The molecule has 0 atom stereocenters. The number of rotatable bonds is 8. The van der Waals surface area contributed by atoms with Crippen molar-refractivity contribution in [1.29, 1.82) is 0 Å². The molecule has 0 aliphatic heterocycles. The Morgan fingerprint density at radius 3 is 2.29 bits per heavy atom. The summed E-state index contributed by atoms with van der Waals surface area (Å²) >= 11 is 1.18. The number of hydrogen-bond acceptors (Lipinski definition) is 6. The Hall–Kier alpha value is -2.78. The zero-order chi connectivity index (χ0) is 22.6. The molecule has 2 aromatic carbocycles. The molecule has 3 aromatic rings. The molecule has 7 nitrogen and oxygen atoms in total. The predicted molar refractivity (Wildman–Crippen MR) is 123 cm³/mol. The normalized spacial score (nSPS) is 11.5. The van der Waals surface area contributed by atoms with E-state index in [4.69, 9.17) is 0 Å². The molecule has 0 unspecified atom stereocenters. The number of sulfonamides is 1. The fourth-order valence-electron chi connectivity index (χ4n) is 3.33. The first-order valence-corrected chi connectivity index (χ1v) is 12.3. The molecule has 0 aliphatic carbocycles. The Morgan fingerprint density at radius 1 is 1.10 bits per heavy atom. The number of benzene rings is 2. The van der Waals surface area contributed by atoms with Crippen LogP contribution in [0.2, 0.25) is 0 Å². The molecule has 1 amide bonds. The Labute approximate surface area is 187 Å². The van der Waals surface area contributed by atoms with Crippen LogP contribution in [-0.4, -0.2) is 37.1 Å². The van der Waals surface area contributed by atoms with Gasteiger partial charge >= 0.3 is 0 Å². The lowest BCUT2D eigenvalue weighted by atomic mass is 10.1. The molecule has 9 heteroatoms. The smallest absolute Gasteiger partial charge is 0.266 e. The van der Waals surface area contributed by atoms with Crippen molar-refractivity contribution in [3.8, 4) is 0 Å². The summed E-state index contributed by atoms with van der Waals surface area (Å²) in [6.45, 7) is 7.98. The lowest BCUT2D eigenvalue weighted by Crippen LogP contribution is -2.37. The van der Waals surface area contributed by atoms with Gasteiger partial charge in [-0.1, -0.05) is 40.7 Å². The van der Waals surface area contributed by atoms with Crippen LogP contribution in [-0.2, 0) is 16.4 Å². The number of amides is 1. The maximum absolute atomic E-state index is 13.1. The maximum Gasteiger partial charge on any atom is 0.266 e. The molecule has 164 valence electrons. The van der Waals surface area contributed by atoms with Crippen molar-refractivity contribution in [3.63, 3.8) is 0 Å². The van der Waals surface area contributed by atoms with Crippen LogP contribution in [0.4, 0.5) is 5.13 Å². The first kappa shape index (κ1) is 22.9. The first-order valence-electron chi connectivity index (χ1n) is 9.94. The molecule has 31 heavy (non-hydrogen) atoms. The molecule has 3 rings (SSSR count). The van der Waals surface area contributed by atoms with Gasteiger partial charge in [0.25, 0.3) is 15.9 Å². The molecule has 1 N–H and O–H groups in total. The quantitative estimate of drug-likeness (QED) is 0.555. The third kappa shape index (κ3) is 5.48. The molecule has 0 radical (unpaired) electrons. The average molecular weight is 459 g/mol. The van der Waals surface area contributed by atoms with Crippen LogP contribution in [0.15, 0.2) is 52.9 Å². The minimum absolute atomic E-state index is 0.115. The topological polar surface area (TPSA) is 92.3 Å². The molecule has 0 aliphatic rings. The second-order valence-electron chi connectivity index (χ2n) is 7.64. The van der Waals surface area contributed by atoms with Crippen molar-refractivity contribution in [2.45, 2.75) is 45.1 Å². The van der Waals surface area contributed by atoms with Crippen LogP contribution >= 0.6 is 11.3 Å². The summed E-state index contributed by atoms with van der Waals surface area (Å²) in [6, 6.07) is 12.2. The molecule has 0 saturated heterocycles. The molecule has 0 saturated carbocycles. The zero-order valence-electron chi connectivity index (χ0n) is 18.0. The van der Waals surface area contributed by atoms with Gasteiger partial charge in [0.1, 0.15) is 5.51 Å². The van der Waals surface area contributed by atoms with Crippen LogP contribution in [0.3, 0.4) is 0 Å². The Morgan fingerprint density at radius 2 is 1.74 bits per heavy atom. The van der Waals surface area contributed by atoms with E-state index < -0.39 is 10.0 Å². The average Bonchev–Trinajstić information content (AvgIpc) is 3.21. The van der Waals surface area contributed by atoms with Gasteiger partial charge in [0.05, 0.1) is 4.90 Å². The minimum atomic E-state index is -3.75. The van der Waals surface area contributed by atoms with Gasteiger partial charge < -0.3 is 5.32 Å². The number of hydrogen-bond donors (Lipinski definition) is 1. The molecule has 0 spiro atoms. The van der Waals surface area contributed by atoms with Crippen molar-refractivity contribution >= 4 is 32.4 Å². The number of nitrogens with zero attached hydrogens (tertiary/aromatic N) is 3. The highest BCUT2D eigenvalue weighted by molar-refractivity contribution is 7.93. The number of carbonyl (C=O) groups excluding carboxylic acids is 1. The summed E-state index contributed by atoms with van der Waals surface area (Å²) in [5, 5.41) is 10.9. The molecule has 0 bridgehead atoms. The van der Waals surface area contributed by atoms with Crippen molar-refractivity contribution in [2.75, 3.05) is 10.8 Å². The van der Waals surface area contributed by atoms with E-state index in [1.54, 1.807) is 38.1 Å². The third-order valence-electron chi connectivity index (χ3n) is 4.67. The summed E-state index contributed by atoms with van der Waals surface area (Å²) in [5.41, 5.74) is 5.18. The standard InChI is InChI=1S/C22H26N4O3S2/c1-15(2)26(22-25-24-14-30-22)31(28,29)20-7-5-18(6-8-20)9-10-23-21(27)19-12-16(3)11-17(4)13-19/h5-8,11-15H,9-10H2,1-4H3,(H,23,27). The highest BCUT2D eigenvalue weighted by atomic mass is 32.2. The summed E-state index contributed by atoms with van der Waals surface area (Å²) in [6.07, 6.45) is 0.598. The van der Waals surface area contributed by atoms with Crippen LogP contribution in [0.1, 0.15) is 40.9 Å². The van der Waals surface area contributed by atoms with E-state index in [-0.39, 0.29) is 16.8 Å². The van der Waals surface area contributed by atoms with Crippen molar-refractivity contribution in [2.24, 2.45) is 0 Å². The summed E-state index contributed by atoms with van der Waals surface area (Å²) < 4.78 is 27.5. The van der Waals surface area contributed by atoms with Crippen LogP contribution in [0, 0.1) is 13.8 Å². The van der Waals surface area contributed by atoms with Crippen molar-refractivity contribution < 1.29 is 13.2 Å². The summed E-state index contributed by atoms with van der Waals surface area (Å²) in [4.78, 5) is 12.6. The van der Waals surface area contributed by atoms with E-state index in [0.717, 1.165) is 16.7 Å². The Kier molecular flexibility index (Phi) is 7.07. The zero-order valence-corrected chi connectivity index (χ0v) is 19.6. The van der Waals surface area contributed by atoms with Crippen LogP contribution in [0.25, 0.3) is 0 Å². The van der Waals surface area contributed by atoms with Gasteiger partial charge in [-0.2, -0.15) is 0 Å². The first-order chi connectivity index (χ1) is 14.7. The number of aromatic nitrogens is 2. The lowest BCUT2D eigenvalue weighted by molar-refractivity contribution is 0.0954. The van der Waals surface area contributed by atoms with Gasteiger partial charge in [0.2, 0.25) is 5.13 Å². The fraction of sp³-hybridized carbons (Fsp3) is 0.318. The minimum Gasteiger partial charge on any atom is -0.352 e. The number of anilines is 1. The Balaban J connectivity index is 1.65. The second-order valence-corrected chi connectivity index (χ2v) is 10.3. The second kappa shape index (κ2) is 9.57. The van der Waals surface area contributed by atoms with Gasteiger partial charge in [-0.05, 0) is 63.9 Å².